The molecule has 0 saturated carbocycles. The Morgan fingerprint density at radius 1 is 1.32 bits per heavy atom. The van der Waals surface area contributed by atoms with Gasteiger partial charge in [-0.1, -0.05) is 6.07 Å². The molecular weight excluding hydrogens is 286 g/mol. The quantitative estimate of drug-likeness (QED) is 0.767. The molecule has 2 bridgehead atoms. The number of amides is 2. The van der Waals surface area contributed by atoms with E-state index in [1.165, 1.54) is 6.92 Å². The number of carbonyl (C=O) groups excluding carboxylic acids is 2. The van der Waals surface area contributed by atoms with Gasteiger partial charge in [-0.3, -0.25) is 4.79 Å². The molecule has 7 heteroatoms. The highest BCUT2D eigenvalue weighted by Crippen LogP contribution is 2.34. The summed E-state index contributed by atoms with van der Waals surface area (Å²) in [7, 11) is 0. The lowest BCUT2D eigenvalue weighted by Gasteiger charge is -2.42. The van der Waals surface area contributed by atoms with E-state index >= 15 is 0 Å². The first-order valence-electron chi connectivity index (χ1n) is 7.41. The number of nitrogens with zero attached hydrogens (tertiary/aromatic N) is 2. The van der Waals surface area contributed by atoms with E-state index in [4.69, 9.17) is 0 Å². The van der Waals surface area contributed by atoms with Crippen LogP contribution in [0.25, 0.3) is 0 Å². The summed E-state index contributed by atoms with van der Waals surface area (Å²) >= 11 is 0. The maximum absolute atomic E-state index is 12.2. The number of rotatable bonds is 2. The molecule has 1 saturated heterocycles. The molecule has 3 rings (SSSR count). The molecule has 2 amide bonds. The van der Waals surface area contributed by atoms with Crippen LogP contribution in [0.4, 0.5) is 4.79 Å². The molecule has 7 nitrogen and oxygen atoms in total. The molecule has 0 aliphatic carbocycles. The van der Waals surface area contributed by atoms with Crippen LogP contribution in [-0.4, -0.2) is 40.6 Å². The summed E-state index contributed by atoms with van der Waals surface area (Å²) in [6.45, 7) is 3.01. The molecule has 1 aromatic heterocycles. The van der Waals surface area contributed by atoms with Crippen LogP contribution in [0.5, 0.6) is 0 Å². The van der Waals surface area contributed by atoms with Gasteiger partial charge in [-0.2, -0.15) is 0 Å². The molecule has 0 unspecified atom stereocenters. The lowest BCUT2D eigenvalue weighted by atomic mass is 9.83. The number of fused-ring (bicyclic) bond motifs is 4. The maximum Gasteiger partial charge on any atom is 0.317 e. The fourth-order valence-electron chi connectivity index (χ4n) is 3.40. The van der Waals surface area contributed by atoms with Gasteiger partial charge in [-0.25, -0.2) is 4.79 Å². The molecule has 2 aliphatic rings. The summed E-state index contributed by atoms with van der Waals surface area (Å²) < 4.78 is 1.79. The van der Waals surface area contributed by atoms with Gasteiger partial charge in [0.1, 0.15) is 0 Å². The molecule has 3 atom stereocenters. The number of likely N-dealkylation sites (tertiary alicyclic amines) is 1. The Hall–Kier alpha value is -2.31. The number of aromatic nitrogens is 1. The lowest BCUT2D eigenvalue weighted by Crippen LogP contribution is -2.55. The number of hydrogen-bond donors (Lipinski definition) is 1. The lowest BCUT2D eigenvalue weighted by molar-refractivity contribution is -0.307. The van der Waals surface area contributed by atoms with E-state index in [0.29, 0.717) is 19.6 Å². The Bertz CT molecular complexity index is 669. The predicted molar refractivity (Wildman–Crippen MR) is 76.1 cm³/mol. The smallest absolute Gasteiger partial charge is 0.317 e. The molecule has 1 aromatic rings. The minimum Gasteiger partial charge on any atom is -0.548 e. The highest BCUT2D eigenvalue weighted by Gasteiger charge is 2.36. The normalized spacial score (nSPS) is 24.3. The number of piperidine rings is 1. The third kappa shape index (κ3) is 2.58. The number of carboxylic acid groups (broad SMARTS) is 1. The van der Waals surface area contributed by atoms with E-state index in [9.17, 15) is 19.5 Å². The van der Waals surface area contributed by atoms with Gasteiger partial charge in [-0.15, -0.1) is 0 Å². The van der Waals surface area contributed by atoms with Crippen molar-refractivity contribution >= 4 is 12.0 Å². The van der Waals surface area contributed by atoms with Crippen LogP contribution in [0.1, 0.15) is 25.0 Å². The van der Waals surface area contributed by atoms with Crippen LogP contribution in [0.15, 0.2) is 23.0 Å². The van der Waals surface area contributed by atoms with Gasteiger partial charge < -0.3 is 24.7 Å². The van der Waals surface area contributed by atoms with Crippen LogP contribution < -0.4 is 16.0 Å². The van der Waals surface area contributed by atoms with E-state index in [1.54, 1.807) is 21.6 Å². The SMILES string of the molecule is C[C@H](NC(=O)N1C[C@H]2C[C@@H](C1)c1cccc(=O)n1C2)C(=O)[O-]. The number of pyridine rings is 1. The van der Waals surface area contributed by atoms with E-state index < -0.39 is 18.0 Å². The Morgan fingerprint density at radius 3 is 2.82 bits per heavy atom. The van der Waals surface area contributed by atoms with Crippen molar-refractivity contribution in [3.8, 4) is 0 Å². The van der Waals surface area contributed by atoms with Gasteiger partial charge in [0.25, 0.3) is 5.56 Å². The van der Waals surface area contributed by atoms with Crippen LogP contribution in [0, 0.1) is 5.92 Å². The first-order valence-corrected chi connectivity index (χ1v) is 7.41. The van der Waals surface area contributed by atoms with Gasteiger partial charge in [0.15, 0.2) is 0 Å². The minimum atomic E-state index is -1.30. The van der Waals surface area contributed by atoms with Gasteiger partial charge in [0.2, 0.25) is 0 Å². The zero-order valence-electron chi connectivity index (χ0n) is 12.3. The highest BCUT2D eigenvalue weighted by atomic mass is 16.4. The number of nitrogens with one attached hydrogen (secondary N) is 1. The second-order valence-electron chi connectivity index (χ2n) is 6.09. The topological polar surface area (TPSA) is 94.5 Å². The fourth-order valence-corrected chi connectivity index (χ4v) is 3.40. The van der Waals surface area contributed by atoms with E-state index in [1.807, 2.05) is 6.07 Å². The van der Waals surface area contributed by atoms with Crippen LogP contribution in [-0.2, 0) is 11.3 Å². The van der Waals surface area contributed by atoms with Crippen molar-refractivity contribution in [3.63, 3.8) is 0 Å². The van der Waals surface area contributed by atoms with E-state index in [0.717, 1.165) is 12.1 Å². The Kier molecular flexibility index (Phi) is 3.64. The first-order chi connectivity index (χ1) is 10.5. The molecule has 0 radical (unpaired) electrons. The summed E-state index contributed by atoms with van der Waals surface area (Å²) in [5.41, 5.74) is 0.949. The first kappa shape index (κ1) is 14.6. The third-order valence-electron chi connectivity index (χ3n) is 4.46. The van der Waals surface area contributed by atoms with Crippen molar-refractivity contribution in [2.75, 3.05) is 13.1 Å². The molecular formula is C15H18N3O4-. The summed E-state index contributed by atoms with van der Waals surface area (Å²) in [5, 5.41) is 13.2. The van der Waals surface area contributed by atoms with Gasteiger partial charge in [-0.05, 0) is 25.3 Å². The summed E-state index contributed by atoms with van der Waals surface area (Å²) in [5.74, 6) is -0.969. The summed E-state index contributed by atoms with van der Waals surface area (Å²) in [4.78, 5) is 36.5. The number of hydrogen-bond acceptors (Lipinski definition) is 4. The second-order valence-corrected chi connectivity index (χ2v) is 6.09. The van der Waals surface area contributed by atoms with Gasteiger partial charge in [0, 0.05) is 37.3 Å². The predicted octanol–water partition coefficient (Wildman–Crippen LogP) is -0.885. The second kappa shape index (κ2) is 5.47. The van der Waals surface area contributed by atoms with Crippen molar-refractivity contribution in [3.05, 3.63) is 34.2 Å². The third-order valence-corrected chi connectivity index (χ3v) is 4.46. The van der Waals surface area contributed by atoms with E-state index in [2.05, 4.69) is 5.32 Å². The van der Waals surface area contributed by atoms with Crippen molar-refractivity contribution in [1.82, 2.24) is 14.8 Å². The maximum atomic E-state index is 12.2. The Balaban J connectivity index is 1.77. The molecule has 118 valence electrons. The molecule has 1 fully saturated rings. The Morgan fingerprint density at radius 2 is 2.09 bits per heavy atom. The summed E-state index contributed by atoms with van der Waals surface area (Å²) in [6, 6.07) is 3.80. The molecule has 0 spiro atoms. The zero-order chi connectivity index (χ0) is 15.9. The standard InChI is InChI=1S/C15H19N3O4/c1-9(14(20)21)16-15(22)17-6-10-5-11(8-17)12-3-2-4-13(19)18(12)7-10/h2-4,9-11H,5-8H2,1H3,(H,16,22)(H,20,21)/p-1/t9-,10+,11-/m0/s1. The molecule has 3 heterocycles. The Labute approximate surface area is 127 Å². The zero-order valence-corrected chi connectivity index (χ0v) is 12.3. The van der Waals surface area contributed by atoms with Crippen molar-refractivity contribution < 1.29 is 14.7 Å². The largest absolute Gasteiger partial charge is 0.548 e. The highest BCUT2D eigenvalue weighted by molar-refractivity contribution is 5.81. The van der Waals surface area contributed by atoms with Crippen LogP contribution >= 0.6 is 0 Å². The van der Waals surface area contributed by atoms with E-state index in [-0.39, 0.29) is 17.4 Å². The average molecular weight is 304 g/mol. The monoisotopic (exact) mass is 304 g/mol. The number of carbonyl (C=O) groups is 2. The molecule has 2 aliphatic heterocycles. The van der Waals surface area contributed by atoms with Crippen molar-refractivity contribution in [2.45, 2.75) is 31.8 Å². The van der Waals surface area contributed by atoms with Crippen molar-refractivity contribution in [1.29, 1.82) is 0 Å². The van der Waals surface area contributed by atoms with Crippen molar-refractivity contribution in [2.24, 2.45) is 5.92 Å². The summed E-state index contributed by atoms with van der Waals surface area (Å²) in [6.07, 6.45) is 0.948. The number of urea groups is 1. The van der Waals surface area contributed by atoms with Gasteiger partial charge >= 0.3 is 6.03 Å². The molecule has 0 aromatic carbocycles. The minimum absolute atomic E-state index is 0.00400. The number of aliphatic carboxylic acids is 1. The average Bonchev–Trinajstić information content (AvgIpc) is 2.48. The molecule has 1 N–H and O–H groups in total. The molecule has 22 heavy (non-hydrogen) atoms. The number of carboxylic acids is 1. The van der Waals surface area contributed by atoms with Crippen LogP contribution in [0.3, 0.4) is 0 Å². The van der Waals surface area contributed by atoms with Gasteiger partial charge in [0.05, 0.1) is 12.0 Å². The fraction of sp³-hybridized carbons (Fsp3) is 0.533. The van der Waals surface area contributed by atoms with Crippen LogP contribution in [0.2, 0.25) is 0 Å².